The van der Waals surface area contributed by atoms with Crippen LogP contribution in [0.4, 0.5) is 4.39 Å². The summed E-state index contributed by atoms with van der Waals surface area (Å²) in [5, 5.41) is 13.0. The Bertz CT molecular complexity index is 510. The average Bonchev–Trinajstić information content (AvgIpc) is 2.79. The van der Waals surface area contributed by atoms with E-state index in [4.69, 9.17) is 0 Å². The second-order valence-corrected chi connectivity index (χ2v) is 4.81. The summed E-state index contributed by atoms with van der Waals surface area (Å²) in [4.78, 5) is 0. The molecule has 0 bridgehead atoms. The van der Waals surface area contributed by atoms with Gasteiger partial charge in [0.1, 0.15) is 15.8 Å². The van der Waals surface area contributed by atoms with Gasteiger partial charge >= 0.3 is 0 Å². The van der Waals surface area contributed by atoms with Crippen molar-refractivity contribution in [2.75, 3.05) is 6.54 Å². The topological polar surface area (TPSA) is 37.8 Å². The first-order valence-corrected chi connectivity index (χ1v) is 6.32. The molecule has 2 aromatic rings. The average molecular weight is 251 g/mol. The zero-order chi connectivity index (χ0) is 12.3. The van der Waals surface area contributed by atoms with E-state index in [0.29, 0.717) is 12.1 Å². The minimum absolute atomic E-state index is 0.203. The summed E-state index contributed by atoms with van der Waals surface area (Å²) in [6, 6.07) is 5.14. The van der Waals surface area contributed by atoms with Crippen LogP contribution in [0.25, 0.3) is 10.6 Å². The first-order chi connectivity index (χ1) is 8.20. The lowest BCUT2D eigenvalue weighted by Crippen LogP contribution is -2.11. The van der Waals surface area contributed by atoms with Gasteiger partial charge in [-0.3, -0.25) is 0 Å². The van der Waals surface area contributed by atoms with Crippen molar-refractivity contribution < 1.29 is 4.39 Å². The van der Waals surface area contributed by atoms with Crippen LogP contribution in [-0.4, -0.2) is 16.7 Å². The van der Waals surface area contributed by atoms with Gasteiger partial charge in [0.25, 0.3) is 0 Å². The van der Waals surface area contributed by atoms with Crippen LogP contribution in [0, 0.1) is 12.7 Å². The minimum Gasteiger partial charge on any atom is -0.311 e. The van der Waals surface area contributed by atoms with Gasteiger partial charge < -0.3 is 5.32 Å². The van der Waals surface area contributed by atoms with Crippen LogP contribution in [0.15, 0.2) is 18.2 Å². The lowest BCUT2D eigenvalue weighted by molar-refractivity contribution is 0.619. The molecule has 0 aliphatic heterocycles. The van der Waals surface area contributed by atoms with Crippen LogP contribution in [-0.2, 0) is 6.54 Å². The molecule has 0 fully saturated rings. The quantitative estimate of drug-likeness (QED) is 0.908. The van der Waals surface area contributed by atoms with Gasteiger partial charge in [-0.2, -0.15) is 0 Å². The van der Waals surface area contributed by atoms with Crippen molar-refractivity contribution in [2.45, 2.75) is 20.4 Å². The van der Waals surface area contributed by atoms with E-state index < -0.39 is 0 Å². The van der Waals surface area contributed by atoms with Gasteiger partial charge in [-0.25, -0.2) is 4.39 Å². The molecule has 0 aliphatic rings. The third-order valence-electron chi connectivity index (χ3n) is 2.41. The number of benzene rings is 1. The molecule has 0 aliphatic carbocycles. The fourth-order valence-electron chi connectivity index (χ4n) is 1.40. The highest BCUT2D eigenvalue weighted by Crippen LogP contribution is 2.24. The first kappa shape index (κ1) is 12.1. The summed E-state index contributed by atoms with van der Waals surface area (Å²) in [6.07, 6.45) is 0. The molecule has 0 spiro atoms. The van der Waals surface area contributed by atoms with Gasteiger partial charge in [-0.1, -0.05) is 30.4 Å². The molecular weight excluding hydrogens is 237 g/mol. The van der Waals surface area contributed by atoms with Crippen molar-refractivity contribution in [3.63, 3.8) is 0 Å². The van der Waals surface area contributed by atoms with Gasteiger partial charge in [-0.15, -0.1) is 10.2 Å². The molecule has 1 aromatic heterocycles. The summed E-state index contributed by atoms with van der Waals surface area (Å²) in [5.41, 5.74) is 1.43. The molecule has 0 radical (unpaired) electrons. The van der Waals surface area contributed by atoms with Gasteiger partial charge in [0.2, 0.25) is 0 Å². The Morgan fingerprint density at radius 1 is 1.35 bits per heavy atom. The van der Waals surface area contributed by atoms with E-state index in [9.17, 15) is 4.39 Å². The monoisotopic (exact) mass is 251 g/mol. The summed E-state index contributed by atoms with van der Waals surface area (Å²) >= 11 is 1.49. The predicted octanol–water partition coefficient (Wildman–Crippen LogP) is 2.76. The fourth-order valence-corrected chi connectivity index (χ4v) is 2.21. The Hall–Kier alpha value is -1.33. The smallest absolute Gasteiger partial charge is 0.147 e. The summed E-state index contributed by atoms with van der Waals surface area (Å²) in [5.74, 6) is -0.203. The van der Waals surface area contributed by atoms with Crippen molar-refractivity contribution in [3.05, 3.63) is 34.6 Å². The van der Waals surface area contributed by atoms with E-state index in [1.165, 1.54) is 17.4 Å². The largest absolute Gasteiger partial charge is 0.311 e. The van der Waals surface area contributed by atoms with Crippen LogP contribution in [0.2, 0.25) is 0 Å². The van der Waals surface area contributed by atoms with E-state index in [-0.39, 0.29) is 5.82 Å². The maximum atomic E-state index is 13.4. The van der Waals surface area contributed by atoms with Gasteiger partial charge in [0.15, 0.2) is 0 Å². The number of aryl methyl sites for hydroxylation is 1. The lowest BCUT2D eigenvalue weighted by atomic mass is 10.1. The van der Waals surface area contributed by atoms with Crippen LogP contribution >= 0.6 is 11.3 Å². The molecule has 0 atom stereocenters. The molecule has 3 nitrogen and oxygen atoms in total. The molecule has 5 heteroatoms. The van der Waals surface area contributed by atoms with Crippen LogP contribution in [0.3, 0.4) is 0 Å². The number of nitrogens with one attached hydrogen (secondary N) is 1. The molecule has 0 unspecified atom stereocenters. The molecule has 90 valence electrons. The molecule has 0 saturated carbocycles. The van der Waals surface area contributed by atoms with Crippen LogP contribution in [0.1, 0.15) is 17.5 Å². The number of nitrogens with zero attached hydrogens (tertiary/aromatic N) is 2. The van der Waals surface area contributed by atoms with Crippen molar-refractivity contribution in [3.8, 4) is 10.6 Å². The standard InChI is InChI=1S/C12H14FN3S/c1-3-14-7-11-15-16-12(17-11)9-5-4-8(2)10(13)6-9/h4-6,14H,3,7H2,1-2H3. The molecule has 17 heavy (non-hydrogen) atoms. The molecule has 0 amide bonds. The second kappa shape index (κ2) is 5.33. The van der Waals surface area contributed by atoms with Gasteiger partial charge in [0, 0.05) is 12.1 Å². The van der Waals surface area contributed by atoms with Gasteiger partial charge in [-0.05, 0) is 25.1 Å². The van der Waals surface area contributed by atoms with Crippen molar-refractivity contribution in [1.29, 1.82) is 0 Å². The summed E-state index contributed by atoms with van der Waals surface area (Å²) < 4.78 is 13.4. The maximum absolute atomic E-state index is 13.4. The predicted molar refractivity (Wildman–Crippen MR) is 67.4 cm³/mol. The lowest BCUT2D eigenvalue weighted by Gasteiger charge is -1.98. The number of hydrogen-bond acceptors (Lipinski definition) is 4. The SMILES string of the molecule is CCNCc1nnc(-c2ccc(C)c(F)c2)s1. The van der Waals surface area contributed by atoms with Crippen LogP contribution in [0.5, 0.6) is 0 Å². The number of rotatable bonds is 4. The summed E-state index contributed by atoms with van der Waals surface area (Å²) in [6.45, 7) is 5.39. The van der Waals surface area contributed by atoms with E-state index in [2.05, 4.69) is 15.5 Å². The third kappa shape index (κ3) is 2.87. The first-order valence-electron chi connectivity index (χ1n) is 5.50. The molecule has 1 heterocycles. The zero-order valence-corrected chi connectivity index (χ0v) is 10.6. The molecule has 1 aromatic carbocycles. The second-order valence-electron chi connectivity index (χ2n) is 3.75. The highest BCUT2D eigenvalue weighted by molar-refractivity contribution is 7.14. The Morgan fingerprint density at radius 2 is 2.18 bits per heavy atom. The highest BCUT2D eigenvalue weighted by atomic mass is 32.1. The molecule has 0 saturated heterocycles. The Kier molecular flexibility index (Phi) is 3.81. The summed E-state index contributed by atoms with van der Waals surface area (Å²) in [7, 11) is 0. The molecule has 1 N–H and O–H groups in total. The van der Waals surface area contributed by atoms with Gasteiger partial charge in [0.05, 0.1) is 0 Å². The van der Waals surface area contributed by atoms with E-state index in [1.807, 2.05) is 13.0 Å². The third-order valence-corrected chi connectivity index (χ3v) is 3.38. The van der Waals surface area contributed by atoms with Crippen molar-refractivity contribution >= 4 is 11.3 Å². The number of aromatic nitrogens is 2. The Balaban J connectivity index is 2.21. The maximum Gasteiger partial charge on any atom is 0.147 e. The number of halogens is 1. The highest BCUT2D eigenvalue weighted by Gasteiger charge is 2.08. The Morgan fingerprint density at radius 3 is 2.88 bits per heavy atom. The number of hydrogen-bond donors (Lipinski definition) is 1. The normalized spacial score (nSPS) is 10.8. The fraction of sp³-hybridized carbons (Fsp3) is 0.333. The van der Waals surface area contributed by atoms with E-state index in [1.54, 1.807) is 13.0 Å². The Labute approximate surface area is 104 Å². The van der Waals surface area contributed by atoms with Crippen LogP contribution < -0.4 is 5.32 Å². The van der Waals surface area contributed by atoms with Crippen molar-refractivity contribution in [1.82, 2.24) is 15.5 Å². The zero-order valence-electron chi connectivity index (χ0n) is 9.83. The molecular formula is C12H14FN3S. The van der Waals surface area contributed by atoms with Crippen molar-refractivity contribution in [2.24, 2.45) is 0 Å². The minimum atomic E-state index is -0.203. The molecule has 2 rings (SSSR count). The van der Waals surface area contributed by atoms with E-state index >= 15 is 0 Å². The van der Waals surface area contributed by atoms with E-state index in [0.717, 1.165) is 22.1 Å².